The molecule has 11 nitrogen and oxygen atoms in total. The van der Waals surface area contributed by atoms with Gasteiger partial charge < -0.3 is 45.1 Å². The third-order valence-electron chi connectivity index (χ3n) is 14.1. The second-order valence-corrected chi connectivity index (χ2v) is 21.1. The largest absolute Gasteiger partial charge is 0.454 e. The highest BCUT2D eigenvalue weighted by Gasteiger charge is 2.47. The first-order chi connectivity index (χ1) is 36.7. The number of carbonyl (C=O) groups excluding carboxylic acids is 2. The molecule has 8 atom stereocenters. The Bertz CT molecular complexity index is 1490. The Kier molecular flexibility index (Phi) is 48.5. The first-order valence-electron chi connectivity index (χ1n) is 30.7. The van der Waals surface area contributed by atoms with E-state index in [1.165, 1.54) is 103 Å². The summed E-state index contributed by atoms with van der Waals surface area (Å²) >= 11 is 0. The zero-order valence-corrected chi connectivity index (χ0v) is 47.9. The minimum Gasteiger partial charge on any atom is -0.454 e. The predicted octanol–water partition coefficient (Wildman–Crippen LogP) is 14.4. The third-order valence-corrected chi connectivity index (χ3v) is 14.1. The van der Waals surface area contributed by atoms with Gasteiger partial charge in [-0.1, -0.05) is 254 Å². The minimum atomic E-state index is -1.61. The van der Waals surface area contributed by atoms with E-state index in [-0.39, 0.29) is 19.4 Å². The fourth-order valence-corrected chi connectivity index (χ4v) is 9.27. The van der Waals surface area contributed by atoms with Crippen molar-refractivity contribution in [1.82, 2.24) is 5.32 Å². The summed E-state index contributed by atoms with van der Waals surface area (Å²) in [7, 11) is 0. The number of aliphatic hydroxyl groups excluding tert-OH is 5. The lowest BCUT2D eigenvalue weighted by molar-refractivity contribution is -0.305. The van der Waals surface area contributed by atoms with E-state index in [0.717, 1.165) is 109 Å². The van der Waals surface area contributed by atoms with Crippen LogP contribution < -0.4 is 5.32 Å². The lowest BCUT2D eigenvalue weighted by Crippen LogP contribution is -2.61. The molecule has 0 aromatic heterocycles. The lowest BCUT2D eigenvalue weighted by Gasteiger charge is -2.41. The van der Waals surface area contributed by atoms with Gasteiger partial charge in [0.15, 0.2) is 12.4 Å². The Balaban J connectivity index is 2.66. The van der Waals surface area contributed by atoms with E-state index in [1.807, 2.05) is 6.08 Å². The van der Waals surface area contributed by atoms with Crippen molar-refractivity contribution >= 4 is 11.9 Å². The number of carbonyl (C=O) groups is 2. The van der Waals surface area contributed by atoms with Gasteiger partial charge in [0.05, 0.1) is 25.4 Å². The molecule has 6 N–H and O–H groups in total. The summed E-state index contributed by atoms with van der Waals surface area (Å²) in [6.07, 6.45) is 55.1. The standard InChI is InChI=1S/C64H113NO10/c1-4-7-10-13-16-19-22-24-25-26-27-28-29-30-31-32-34-36-39-42-45-48-51-57(68)63(72)65-55(56(67)50-47-44-41-38-35-21-18-15-12-9-6-3)54-73-64-62(61(71)60(70)58(53-66)74-64)75-59(69)52-49-46-43-40-37-33-23-20-17-14-11-8-5-2/h7,10,16,19,24-25,27-28,30-31,47,50,55-58,60-62,64,66-68,70-71H,4-6,8-9,11-15,17-18,20-23,26,29,32-46,48-49,51-54H2,1-3H3,(H,65,72)/b10-7-,19-16-,25-24-,28-27-,31-30-,50-47+. The first-order valence-corrected chi connectivity index (χ1v) is 30.7. The zero-order valence-electron chi connectivity index (χ0n) is 47.9. The van der Waals surface area contributed by atoms with Gasteiger partial charge in [0.25, 0.3) is 0 Å². The molecule has 0 aromatic carbocycles. The van der Waals surface area contributed by atoms with Gasteiger partial charge in [0, 0.05) is 6.42 Å². The van der Waals surface area contributed by atoms with Crippen LogP contribution in [0.3, 0.4) is 0 Å². The molecule has 1 rings (SSSR count). The van der Waals surface area contributed by atoms with Crippen molar-refractivity contribution in [1.29, 1.82) is 0 Å². The topological polar surface area (TPSA) is 175 Å². The summed E-state index contributed by atoms with van der Waals surface area (Å²) in [6, 6.07) is -1.03. The molecule has 1 saturated heterocycles. The van der Waals surface area contributed by atoms with Gasteiger partial charge in [-0.2, -0.15) is 0 Å². The number of hydrogen-bond acceptors (Lipinski definition) is 10. The number of ether oxygens (including phenoxy) is 3. The summed E-state index contributed by atoms with van der Waals surface area (Å²) in [5.74, 6) is -1.20. The maximum absolute atomic E-state index is 13.4. The fraction of sp³-hybridized carbons (Fsp3) is 0.781. The van der Waals surface area contributed by atoms with Crippen molar-refractivity contribution < 1.29 is 49.3 Å². The maximum Gasteiger partial charge on any atom is 0.306 e. The minimum absolute atomic E-state index is 0.123. The molecule has 0 saturated carbocycles. The Morgan fingerprint density at radius 1 is 0.533 bits per heavy atom. The van der Waals surface area contributed by atoms with Crippen LogP contribution in [-0.4, -0.2) is 99.6 Å². The molecule has 0 spiro atoms. The van der Waals surface area contributed by atoms with Crippen molar-refractivity contribution in [2.24, 2.45) is 0 Å². The molecule has 0 aliphatic carbocycles. The van der Waals surface area contributed by atoms with Gasteiger partial charge in [0.2, 0.25) is 5.91 Å². The number of unbranched alkanes of at least 4 members (excludes halogenated alkanes) is 27. The Labute approximate surface area is 458 Å². The van der Waals surface area contributed by atoms with E-state index in [0.29, 0.717) is 12.8 Å². The van der Waals surface area contributed by atoms with Crippen molar-refractivity contribution in [2.75, 3.05) is 13.2 Å². The van der Waals surface area contributed by atoms with Gasteiger partial charge >= 0.3 is 5.97 Å². The molecule has 8 unspecified atom stereocenters. The summed E-state index contributed by atoms with van der Waals surface area (Å²) < 4.78 is 17.6. The Hall–Kier alpha value is -2.90. The van der Waals surface area contributed by atoms with E-state index in [4.69, 9.17) is 14.2 Å². The van der Waals surface area contributed by atoms with Crippen LogP contribution in [0.1, 0.15) is 258 Å². The molecule has 11 heteroatoms. The lowest BCUT2D eigenvalue weighted by atomic mass is 9.99. The molecule has 1 heterocycles. The van der Waals surface area contributed by atoms with Crippen LogP contribution in [0.15, 0.2) is 72.9 Å². The number of esters is 1. The van der Waals surface area contributed by atoms with Crippen LogP contribution >= 0.6 is 0 Å². The van der Waals surface area contributed by atoms with Gasteiger partial charge in [-0.05, 0) is 70.6 Å². The highest BCUT2D eigenvalue weighted by atomic mass is 16.7. The highest BCUT2D eigenvalue weighted by molar-refractivity contribution is 5.80. The summed E-state index contributed by atoms with van der Waals surface area (Å²) in [6.45, 7) is 5.66. The number of aliphatic hydroxyl groups is 5. The van der Waals surface area contributed by atoms with Crippen molar-refractivity contribution in [2.45, 2.75) is 307 Å². The second kappa shape index (κ2) is 51.8. The highest BCUT2D eigenvalue weighted by Crippen LogP contribution is 2.26. The molecular formula is C64H113NO10. The fourth-order valence-electron chi connectivity index (χ4n) is 9.27. The number of allylic oxidation sites excluding steroid dienone is 11. The Morgan fingerprint density at radius 2 is 0.960 bits per heavy atom. The normalized spacial score (nSPS) is 19.7. The molecule has 434 valence electrons. The van der Waals surface area contributed by atoms with Crippen LogP contribution in [0.4, 0.5) is 0 Å². The van der Waals surface area contributed by atoms with Crippen LogP contribution in [0.5, 0.6) is 0 Å². The van der Waals surface area contributed by atoms with E-state index >= 15 is 0 Å². The van der Waals surface area contributed by atoms with E-state index in [1.54, 1.807) is 6.08 Å². The average molecular weight is 1060 g/mol. The summed E-state index contributed by atoms with van der Waals surface area (Å²) in [4.78, 5) is 26.5. The molecule has 1 aliphatic heterocycles. The number of rotatable bonds is 51. The second-order valence-electron chi connectivity index (χ2n) is 21.1. The predicted molar refractivity (Wildman–Crippen MR) is 310 cm³/mol. The van der Waals surface area contributed by atoms with Crippen molar-refractivity contribution in [3.05, 3.63) is 72.9 Å². The number of hydrogen-bond donors (Lipinski definition) is 6. The van der Waals surface area contributed by atoms with Gasteiger partial charge in [-0.15, -0.1) is 0 Å². The molecule has 0 bridgehead atoms. The van der Waals surface area contributed by atoms with Crippen LogP contribution in [0, 0.1) is 0 Å². The molecule has 1 amide bonds. The van der Waals surface area contributed by atoms with Gasteiger partial charge in [-0.3, -0.25) is 9.59 Å². The zero-order chi connectivity index (χ0) is 54.7. The van der Waals surface area contributed by atoms with Crippen molar-refractivity contribution in [3.63, 3.8) is 0 Å². The van der Waals surface area contributed by atoms with Crippen LogP contribution in [-0.2, 0) is 23.8 Å². The monoisotopic (exact) mass is 1060 g/mol. The van der Waals surface area contributed by atoms with Gasteiger partial charge in [0.1, 0.15) is 24.4 Å². The van der Waals surface area contributed by atoms with E-state index in [9.17, 15) is 35.1 Å². The van der Waals surface area contributed by atoms with Gasteiger partial charge in [-0.25, -0.2) is 0 Å². The average Bonchev–Trinajstić information content (AvgIpc) is 3.41. The molecular weight excluding hydrogens is 943 g/mol. The molecule has 0 aromatic rings. The molecule has 1 fully saturated rings. The Morgan fingerprint density at radius 3 is 1.44 bits per heavy atom. The third kappa shape index (κ3) is 40.0. The SMILES string of the molecule is CC/C=C\C/C=C\C/C=C\C/C=C\C/C=C\CCCCCCCCC(O)C(=O)NC(COC1OC(CO)C(O)C(O)C1OC(=O)CCCCCCCCCCCCCCC)C(O)/C=C/CCCCCCCCCCC. The first kappa shape index (κ1) is 70.1. The van der Waals surface area contributed by atoms with Crippen LogP contribution in [0.2, 0.25) is 0 Å². The number of nitrogens with one attached hydrogen (secondary N) is 1. The van der Waals surface area contributed by atoms with Crippen molar-refractivity contribution in [3.8, 4) is 0 Å². The summed E-state index contributed by atoms with van der Waals surface area (Å²) in [5.41, 5.74) is 0. The van der Waals surface area contributed by atoms with E-state index < -0.39 is 67.4 Å². The molecule has 0 radical (unpaired) electrons. The maximum atomic E-state index is 13.4. The van der Waals surface area contributed by atoms with Crippen LogP contribution in [0.25, 0.3) is 0 Å². The smallest absolute Gasteiger partial charge is 0.306 e. The quantitative estimate of drug-likeness (QED) is 0.0195. The number of amides is 1. The summed E-state index contributed by atoms with van der Waals surface area (Å²) in [5, 5.41) is 56.9. The molecule has 1 aliphatic rings. The molecule has 75 heavy (non-hydrogen) atoms. The van der Waals surface area contributed by atoms with E-state index in [2.05, 4.69) is 86.8 Å².